The van der Waals surface area contributed by atoms with Gasteiger partial charge < -0.3 is 15.4 Å². The Balaban J connectivity index is 0.00000111. The molecule has 2 N–H and O–H groups in total. The van der Waals surface area contributed by atoms with Crippen LogP contribution in [0.2, 0.25) is 0 Å². The van der Waals surface area contributed by atoms with Crippen LogP contribution in [0.3, 0.4) is 0 Å². The summed E-state index contributed by atoms with van der Waals surface area (Å²) < 4.78 is 6.94. The predicted octanol–water partition coefficient (Wildman–Crippen LogP) is 5.54. The third-order valence-corrected chi connectivity index (χ3v) is 10.7. The average molecular weight is 455 g/mol. The number of hydrogen-bond donors (Lipinski definition) is 2. The largest absolute Gasteiger partial charge is 0.369 e. The number of carbonyl (C=O) groups is 1. The van der Waals surface area contributed by atoms with Crippen LogP contribution in [-0.2, 0) is 9.53 Å². The van der Waals surface area contributed by atoms with Crippen molar-refractivity contribution in [2.45, 2.75) is 110 Å². The van der Waals surface area contributed by atoms with Crippen molar-refractivity contribution in [2.75, 3.05) is 13.1 Å². The minimum atomic E-state index is 0.0475. The minimum Gasteiger partial charge on any atom is -0.369 e. The fraction of sp³-hybridized carbons (Fsp3) is 0.828. The highest BCUT2D eigenvalue weighted by molar-refractivity contribution is 5.88. The van der Waals surface area contributed by atoms with Gasteiger partial charge in [0.05, 0.1) is 11.7 Å². The maximum Gasteiger partial charge on any atom is 0.243 e. The van der Waals surface area contributed by atoms with E-state index in [1.54, 1.807) is 11.1 Å². The van der Waals surface area contributed by atoms with Gasteiger partial charge in [0, 0.05) is 24.6 Å². The van der Waals surface area contributed by atoms with E-state index in [0.29, 0.717) is 24.0 Å². The first kappa shape index (κ1) is 23.6. The highest BCUT2D eigenvalue weighted by Gasteiger charge is 2.57. The molecule has 2 saturated heterocycles. The number of carbonyl (C=O) groups excluding carboxylic acids is 1. The normalized spacial score (nSPS) is 46.6. The molecule has 2 saturated carbocycles. The Hall–Kier alpha value is -1.13. The Morgan fingerprint density at radius 3 is 2.73 bits per heavy atom. The Bertz CT molecular complexity index is 847. The molecule has 33 heavy (non-hydrogen) atoms. The van der Waals surface area contributed by atoms with Crippen molar-refractivity contribution in [3.05, 3.63) is 22.8 Å². The first-order valence-electron chi connectivity index (χ1n) is 14.0. The van der Waals surface area contributed by atoms with Gasteiger partial charge in [0.15, 0.2) is 0 Å². The topological polar surface area (TPSA) is 50.4 Å². The second-order valence-electron chi connectivity index (χ2n) is 11.9. The summed E-state index contributed by atoms with van der Waals surface area (Å²) in [5.74, 6) is 2.95. The van der Waals surface area contributed by atoms with Gasteiger partial charge in [-0.2, -0.15) is 0 Å². The summed E-state index contributed by atoms with van der Waals surface area (Å²) in [4.78, 5) is 12.2. The van der Waals surface area contributed by atoms with Crippen molar-refractivity contribution in [1.29, 1.82) is 0 Å². The molecule has 3 heterocycles. The van der Waals surface area contributed by atoms with Crippen molar-refractivity contribution in [3.63, 3.8) is 0 Å². The monoisotopic (exact) mass is 454 g/mol. The number of rotatable bonds is 0. The molecule has 0 bridgehead atoms. The van der Waals surface area contributed by atoms with E-state index in [1.807, 2.05) is 19.9 Å². The molecule has 8 atom stereocenters. The van der Waals surface area contributed by atoms with E-state index >= 15 is 0 Å². The van der Waals surface area contributed by atoms with E-state index in [-0.39, 0.29) is 16.9 Å². The molecular formula is C29H46N2O2. The zero-order valence-corrected chi connectivity index (χ0v) is 21.6. The molecule has 8 unspecified atom stereocenters. The fourth-order valence-corrected chi connectivity index (χ4v) is 8.93. The van der Waals surface area contributed by atoms with Crippen LogP contribution in [0.1, 0.15) is 92.4 Å². The molecule has 4 nitrogen and oxygen atoms in total. The van der Waals surface area contributed by atoms with Crippen molar-refractivity contribution < 1.29 is 9.53 Å². The standard InChI is InChI=1S/C27H40N2O2.C2H6/c1-16-15-27(17(2)25-23(31-27)5-4-11-29-25)9-8-19-20-7-6-18-13-24(30)28-12-10-26(18,3)22(20)14-21(16)19;1-2/h13,17,19-20,22-23,25,29H,4-12,14-15H2,1-3H3,(H,28,30);1-2H3. The van der Waals surface area contributed by atoms with Crippen molar-refractivity contribution in [1.82, 2.24) is 10.6 Å². The van der Waals surface area contributed by atoms with Crippen LogP contribution in [0.25, 0.3) is 0 Å². The van der Waals surface area contributed by atoms with Gasteiger partial charge >= 0.3 is 0 Å². The smallest absolute Gasteiger partial charge is 0.243 e. The molecule has 3 aliphatic carbocycles. The summed E-state index contributed by atoms with van der Waals surface area (Å²) in [6, 6.07) is 0.551. The molecule has 0 aromatic heterocycles. The second-order valence-corrected chi connectivity index (χ2v) is 11.9. The summed E-state index contributed by atoms with van der Waals surface area (Å²) in [5, 5.41) is 6.90. The number of piperidine rings is 1. The summed E-state index contributed by atoms with van der Waals surface area (Å²) in [6.07, 6.45) is 13.2. The molecule has 4 heteroatoms. The number of allylic oxidation sites excluding steroid dienone is 2. The molecule has 1 amide bonds. The summed E-state index contributed by atoms with van der Waals surface area (Å²) in [7, 11) is 0. The van der Waals surface area contributed by atoms with Crippen LogP contribution in [-0.4, -0.2) is 36.7 Å². The Kier molecular flexibility index (Phi) is 6.31. The van der Waals surface area contributed by atoms with Gasteiger partial charge in [-0.05, 0) is 94.4 Å². The SMILES string of the molecule is CC.CC1=C2CC3C(CCC4=CC(=O)NCCC43C)C2CCC2(C1)OC1CCCNC1C2C. The Morgan fingerprint density at radius 2 is 1.94 bits per heavy atom. The molecular weight excluding hydrogens is 408 g/mol. The quantitative estimate of drug-likeness (QED) is 0.473. The fourth-order valence-electron chi connectivity index (χ4n) is 8.93. The van der Waals surface area contributed by atoms with Gasteiger partial charge in [0.2, 0.25) is 5.91 Å². The number of amides is 1. The maximum atomic E-state index is 12.2. The first-order chi connectivity index (χ1) is 15.9. The summed E-state index contributed by atoms with van der Waals surface area (Å²) in [6.45, 7) is 13.3. The van der Waals surface area contributed by atoms with Crippen LogP contribution >= 0.6 is 0 Å². The van der Waals surface area contributed by atoms with Gasteiger partial charge in [-0.3, -0.25) is 4.79 Å². The Labute approximate surface area is 201 Å². The van der Waals surface area contributed by atoms with E-state index in [9.17, 15) is 4.79 Å². The van der Waals surface area contributed by atoms with Crippen LogP contribution in [0.4, 0.5) is 0 Å². The predicted molar refractivity (Wildman–Crippen MR) is 134 cm³/mol. The van der Waals surface area contributed by atoms with Crippen molar-refractivity contribution >= 4 is 5.91 Å². The van der Waals surface area contributed by atoms with Crippen molar-refractivity contribution in [3.8, 4) is 0 Å². The number of nitrogens with one attached hydrogen (secondary N) is 2. The number of hydrogen-bond acceptors (Lipinski definition) is 3. The number of fused-ring (bicyclic) bond motifs is 6. The van der Waals surface area contributed by atoms with E-state index in [0.717, 1.165) is 44.2 Å². The van der Waals surface area contributed by atoms with E-state index < -0.39 is 0 Å². The van der Waals surface area contributed by atoms with Crippen molar-refractivity contribution in [2.24, 2.45) is 29.1 Å². The molecule has 1 spiro atoms. The molecule has 6 rings (SSSR count). The number of ether oxygens (including phenoxy) is 1. The molecule has 0 radical (unpaired) electrons. The molecule has 0 aromatic rings. The van der Waals surface area contributed by atoms with Gasteiger partial charge in [-0.25, -0.2) is 0 Å². The zero-order valence-electron chi connectivity index (χ0n) is 21.6. The third-order valence-electron chi connectivity index (χ3n) is 10.7. The maximum absolute atomic E-state index is 12.2. The summed E-state index contributed by atoms with van der Waals surface area (Å²) >= 11 is 0. The highest BCUT2D eigenvalue weighted by atomic mass is 16.5. The first-order valence-corrected chi connectivity index (χ1v) is 14.0. The van der Waals surface area contributed by atoms with Gasteiger partial charge in [-0.1, -0.05) is 44.4 Å². The van der Waals surface area contributed by atoms with E-state index in [2.05, 4.69) is 31.4 Å². The lowest BCUT2D eigenvalue weighted by Crippen LogP contribution is -2.46. The zero-order chi connectivity index (χ0) is 23.4. The molecule has 6 aliphatic rings. The Morgan fingerprint density at radius 1 is 1.12 bits per heavy atom. The van der Waals surface area contributed by atoms with E-state index in [1.165, 1.54) is 44.1 Å². The lowest BCUT2D eigenvalue weighted by Gasteiger charge is -2.46. The van der Waals surface area contributed by atoms with Gasteiger partial charge in [0.25, 0.3) is 0 Å². The average Bonchev–Trinajstić information content (AvgIpc) is 3.21. The highest BCUT2D eigenvalue weighted by Crippen LogP contribution is 2.63. The van der Waals surface area contributed by atoms with Crippen LogP contribution in [0.5, 0.6) is 0 Å². The van der Waals surface area contributed by atoms with Gasteiger partial charge in [-0.15, -0.1) is 0 Å². The lowest BCUT2D eigenvalue weighted by atomic mass is 9.58. The lowest BCUT2D eigenvalue weighted by molar-refractivity contribution is -0.116. The molecule has 4 fully saturated rings. The van der Waals surface area contributed by atoms with E-state index in [4.69, 9.17) is 4.74 Å². The van der Waals surface area contributed by atoms with Crippen LogP contribution in [0, 0.1) is 29.1 Å². The molecule has 0 aromatic carbocycles. The van der Waals surface area contributed by atoms with Crippen LogP contribution < -0.4 is 10.6 Å². The van der Waals surface area contributed by atoms with Crippen LogP contribution in [0.15, 0.2) is 22.8 Å². The third kappa shape index (κ3) is 3.66. The summed E-state index contributed by atoms with van der Waals surface area (Å²) in [5.41, 5.74) is 5.08. The molecule has 3 aliphatic heterocycles. The minimum absolute atomic E-state index is 0.0475. The van der Waals surface area contributed by atoms with Gasteiger partial charge in [0.1, 0.15) is 0 Å². The second kappa shape index (κ2) is 8.82. The molecule has 184 valence electrons.